The molecule has 1 aliphatic carbocycles. The molecule has 2 aromatic heterocycles. The molecule has 1 fully saturated rings. The topological polar surface area (TPSA) is 78.1 Å². The Labute approximate surface area is 112 Å². The van der Waals surface area contributed by atoms with Crippen LogP contribution in [-0.2, 0) is 18.4 Å². The molecule has 0 spiro atoms. The highest BCUT2D eigenvalue weighted by Gasteiger charge is 2.34. The molecule has 0 aliphatic heterocycles. The van der Waals surface area contributed by atoms with Crippen LogP contribution in [0, 0.1) is 0 Å². The summed E-state index contributed by atoms with van der Waals surface area (Å²) in [4.78, 5) is 4.46. The minimum absolute atomic E-state index is 0.384. The van der Waals surface area contributed by atoms with Crippen LogP contribution in [0.1, 0.15) is 49.6 Å². The molecule has 5 nitrogen and oxygen atoms in total. The van der Waals surface area contributed by atoms with E-state index in [1.165, 1.54) is 6.42 Å². The maximum atomic E-state index is 6.38. The summed E-state index contributed by atoms with van der Waals surface area (Å²) in [6.45, 7) is 0. The molecule has 0 unspecified atom stereocenters. The van der Waals surface area contributed by atoms with Crippen molar-refractivity contribution in [2.45, 2.75) is 50.5 Å². The van der Waals surface area contributed by atoms with E-state index in [0.29, 0.717) is 18.1 Å². The van der Waals surface area contributed by atoms with Gasteiger partial charge in [0.25, 0.3) is 0 Å². The van der Waals surface area contributed by atoms with Crippen molar-refractivity contribution in [1.29, 1.82) is 0 Å². The summed E-state index contributed by atoms with van der Waals surface area (Å²) in [6.07, 6.45) is 8.57. The Hall–Kier alpha value is -1.62. The van der Waals surface area contributed by atoms with Gasteiger partial charge in [0.2, 0.25) is 5.89 Å². The molecule has 1 saturated carbocycles. The quantitative estimate of drug-likeness (QED) is 0.915. The second-order valence-corrected chi connectivity index (χ2v) is 5.31. The van der Waals surface area contributed by atoms with Crippen molar-refractivity contribution in [2.75, 3.05) is 0 Å². The molecular formula is C14H19N3O2. The van der Waals surface area contributed by atoms with Gasteiger partial charge in [0.15, 0.2) is 5.82 Å². The lowest BCUT2D eigenvalue weighted by atomic mass is 9.82. The number of nitrogens with two attached hydrogens (primary N) is 1. The number of aromatic nitrogens is 2. The molecule has 2 N–H and O–H groups in total. The van der Waals surface area contributed by atoms with Gasteiger partial charge < -0.3 is 14.7 Å². The number of aryl methyl sites for hydroxylation is 2. The Morgan fingerprint density at radius 1 is 1.21 bits per heavy atom. The average Bonchev–Trinajstić information content (AvgIpc) is 3.09. The Kier molecular flexibility index (Phi) is 3.38. The third-order valence-electron chi connectivity index (χ3n) is 3.82. The number of furan rings is 1. The smallest absolute Gasteiger partial charge is 0.227 e. The zero-order valence-electron chi connectivity index (χ0n) is 11.0. The van der Waals surface area contributed by atoms with Gasteiger partial charge in [-0.3, -0.25) is 0 Å². The van der Waals surface area contributed by atoms with Crippen molar-refractivity contribution < 1.29 is 8.94 Å². The first-order valence-corrected chi connectivity index (χ1v) is 6.91. The van der Waals surface area contributed by atoms with Crippen LogP contribution in [0.15, 0.2) is 27.3 Å². The minimum Gasteiger partial charge on any atom is -0.469 e. The maximum Gasteiger partial charge on any atom is 0.227 e. The Bertz CT molecular complexity index is 513. The van der Waals surface area contributed by atoms with E-state index >= 15 is 0 Å². The average molecular weight is 261 g/mol. The largest absolute Gasteiger partial charge is 0.469 e. The predicted molar refractivity (Wildman–Crippen MR) is 69.4 cm³/mol. The Morgan fingerprint density at radius 3 is 2.79 bits per heavy atom. The van der Waals surface area contributed by atoms with Crippen molar-refractivity contribution in [3.05, 3.63) is 35.9 Å². The molecule has 0 bridgehead atoms. The Balaban J connectivity index is 1.65. The molecule has 2 aromatic rings. The molecule has 0 radical (unpaired) electrons. The van der Waals surface area contributed by atoms with Crippen LogP contribution < -0.4 is 5.73 Å². The standard InChI is InChI=1S/C14H19N3O2/c15-14(8-2-1-3-9-14)13-16-12(19-17-13)7-6-11-5-4-10-18-11/h4-5,10H,1-3,6-9,15H2. The highest BCUT2D eigenvalue weighted by Crippen LogP contribution is 2.33. The fourth-order valence-electron chi connectivity index (χ4n) is 2.65. The van der Waals surface area contributed by atoms with Crippen LogP contribution in [0.2, 0.25) is 0 Å². The van der Waals surface area contributed by atoms with E-state index < -0.39 is 0 Å². The van der Waals surface area contributed by atoms with E-state index in [1.54, 1.807) is 6.26 Å². The van der Waals surface area contributed by atoms with Crippen molar-refractivity contribution >= 4 is 0 Å². The SMILES string of the molecule is NC1(c2noc(CCc3ccco3)n2)CCCCC1. The van der Waals surface area contributed by atoms with E-state index in [-0.39, 0.29) is 5.54 Å². The predicted octanol–water partition coefficient (Wildman–Crippen LogP) is 2.57. The Morgan fingerprint density at radius 2 is 2.05 bits per heavy atom. The van der Waals surface area contributed by atoms with Gasteiger partial charge in [-0.15, -0.1) is 0 Å². The molecule has 0 aromatic carbocycles. The van der Waals surface area contributed by atoms with Gasteiger partial charge in [0.05, 0.1) is 11.8 Å². The monoisotopic (exact) mass is 261 g/mol. The van der Waals surface area contributed by atoms with Gasteiger partial charge in [-0.1, -0.05) is 24.4 Å². The van der Waals surface area contributed by atoms with Crippen molar-refractivity contribution in [2.24, 2.45) is 5.73 Å². The lowest BCUT2D eigenvalue weighted by molar-refractivity contribution is 0.273. The van der Waals surface area contributed by atoms with Crippen molar-refractivity contribution in [3.8, 4) is 0 Å². The molecule has 2 heterocycles. The van der Waals surface area contributed by atoms with Crippen LogP contribution in [-0.4, -0.2) is 10.1 Å². The summed E-state index contributed by atoms with van der Waals surface area (Å²) >= 11 is 0. The first-order valence-electron chi connectivity index (χ1n) is 6.91. The van der Waals surface area contributed by atoms with Gasteiger partial charge in [-0.05, 0) is 25.0 Å². The first kappa shape index (κ1) is 12.4. The molecule has 1 aliphatic rings. The molecule has 0 saturated heterocycles. The van der Waals surface area contributed by atoms with E-state index in [9.17, 15) is 0 Å². The lowest BCUT2D eigenvalue weighted by Gasteiger charge is -2.29. The van der Waals surface area contributed by atoms with Gasteiger partial charge in [0.1, 0.15) is 5.76 Å². The van der Waals surface area contributed by atoms with Gasteiger partial charge in [-0.2, -0.15) is 4.98 Å². The molecule has 19 heavy (non-hydrogen) atoms. The zero-order valence-corrected chi connectivity index (χ0v) is 11.0. The molecule has 3 rings (SSSR count). The molecule has 5 heteroatoms. The normalized spacial score (nSPS) is 18.6. The van der Waals surface area contributed by atoms with Crippen LogP contribution in [0.5, 0.6) is 0 Å². The molecular weight excluding hydrogens is 242 g/mol. The van der Waals surface area contributed by atoms with Gasteiger partial charge in [0, 0.05) is 12.8 Å². The first-order chi connectivity index (χ1) is 9.26. The fraction of sp³-hybridized carbons (Fsp3) is 0.571. The summed E-state index contributed by atoms with van der Waals surface area (Å²) in [5.41, 5.74) is 6.00. The van der Waals surface area contributed by atoms with Crippen molar-refractivity contribution in [3.63, 3.8) is 0 Å². The van der Waals surface area contributed by atoms with Crippen LogP contribution in [0.25, 0.3) is 0 Å². The van der Waals surface area contributed by atoms with Crippen LogP contribution in [0.4, 0.5) is 0 Å². The maximum absolute atomic E-state index is 6.38. The third-order valence-corrected chi connectivity index (χ3v) is 3.82. The molecule has 0 atom stereocenters. The summed E-state index contributed by atoms with van der Waals surface area (Å²) in [7, 11) is 0. The number of rotatable bonds is 4. The van der Waals surface area contributed by atoms with Crippen molar-refractivity contribution in [1.82, 2.24) is 10.1 Å². The van der Waals surface area contributed by atoms with Gasteiger partial charge in [-0.25, -0.2) is 0 Å². The number of hydrogen-bond donors (Lipinski definition) is 1. The lowest BCUT2D eigenvalue weighted by Crippen LogP contribution is -2.39. The summed E-state index contributed by atoms with van der Waals surface area (Å²) in [5, 5.41) is 4.07. The van der Waals surface area contributed by atoms with Crippen LogP contribution >= 0.6 is 0 Å². The number of nitrogens with zero attached hydrogens (tertiary/aromatic N) is 2. The minimum atomic E-state index is -0.384. The second kappa shape index (κ2) is 5.17. The van der Waals surface area contributed by atoms with E-state index in [4.69, 9.17) is 14.7 Å². The van der Waals surface area contributed by atoms with Gasteiger partial charge >= 0.3 is 0 Å². The van der Waals surface area contributed by atoms with E-state index in [0.717, 1.165) is 37.9 Å². The summed E-state index contributed by atoms with van der Waals surface area (Å²) in [6, 6.07) is 3.83. The van der Waals surface area contributed by atoms with E-state index in [2.05, 4.69) is 10.1 Å². The third kappa shape index (κ3) is 2.71. The number of hydrogen-bond acceptors (Lipinski definition) is 5. The fourth-order valence-corrected chi connectivity index (χ4v) is 2.65. The zero-order chi connectivity index (χ0) is 13.1. The highest BCUT2D eigenvalue weighted by molar-refractivity contribution is 5.06. The summed E-state index contributed by atoms with van der Waals surface area (Å²) < 4.78 is 10.6. The molecule has 102 valence electrons. The second-order valence-electron chi connectivity index (χ2n) is 5.31. The molecule has 0 amide bonds. The highest BCUT2D eigenvalue weighted by atomic mass is 16.5. The summed E-state index contributed by atoms with van der Waals surface area (Å²) in [5.74, 6) is 2.24. The van der Waals surface area contributed by atoms with E-state index in [1.807, 2.05) is 12.1 Å². The van der Waals surface area contributed by atoms with Crippen LogP contribution in [0.3, 0.4) is 0 Å².